The van der Waals surface area contributed by atoms with Crippen LogP contribution in [0.1, 0.15) is 5.56 Å². The molecule has 2 aromatic carbocycles. The topological polar surface area (TPSA) is 29.9 Å². The van der Waals surface area contributed by atoms with Gasteiger partial charge in [-0.15, -0.1) is 0 Å². The van der Waals surface area contributed by atoms with E-state index in [1.54, 1.807) is 6.07 Å². The van der Waals surface area contributed by atoms with Crippen molar-refractivity contribution in [3.8, 4) is 11.4 Å². The summed E-state index contributed by atoms with van der Waals surface area (Å²) in [7, 11) is 1.44. The van der Waals surface area contributed by atoms with E-state index in [9.17, 15) is 4.39 Å². The number of ether oxygens (including phenoxy) is 1. The van der Waals surface area contributed by atoms with E-state index in [1.165, 1.54) is 13.2 Å². The van der Waals surface area contributed by atoms with Gasteiger partial charge in [0.05, 0.1) is 18.1 Å². The number of halogens is 2. The highest BCUT2D eigenvalue weighted by atomic mass is 79.9. The first-order chi connectivity index (χ1) is 10.0. The molecular weight excluding hydrogens is 355 g/mol. The largest absolute Gasteiger partial charge is 0.494 e. The number of aryl methyl sites for hydroxylation is 1. The molecule has 0 fully saturated rings. The molecule has 108 valence electrons. The van der Waals surface area contributed by atoms with Crippen LogP contribution in [-0.2, 0) is 0 Å². The van der Waals surface area contributed by atoms with Crippen molar-refractivity contribution in [2.75, 3.05) is 7.11 Å². The maximum Gasteiger partial charge on any atom is 0.182 e. The highest BCUT2D eigenvalue weighted by molar-refractivity contribution is 9.10. The molecule has 0 radical (unpaired) electrons. The molecule has 0 unspecified atom stereocenters. The first kappa shape index (κ1) is 14.3. The second kappa shape index (κ2) is 5.27. The highest BCUT2D eigenvalue weighted by Gasteiger charge is 2.12. The number of benzene rings is 2. The lowest BCUT2D eigenvalue weighted by Gasteiger charge is -2.08. The fraction of sp³-hybridized carbons (Fsp3) is 0.133. The zero-order valence-electron chi connectivity index (χ0n) is 11.4. The molecule has 1 aromatic heterocycles. The van der Waals surface area contributed by atoms with E-state index in [0.717, 1.165) is 21.2 Å². The van der Waals surface area contributed by atoms with Crippen LogP contribution in [0.2, 0.25) is 0 Å². The molecule has 21 heavy (non-hydrogen) atoms. The van der Waals surface area contributed by atoms with Crippen molar-refractivity contribution >= 4 is 39.2 Å². The summed E-state index contributed by atoms with van der Waals surface area (Å²) in [6.07, 6.45) is 0. The lowest BCUT2D eigenvalue weighted by molar-refractivity contribution is 0.387. The lowest BCUT2D eigenvalue weighted by atomic mass is 10.2. The zero-order chi connectivity index (χ0) is 15.1. The van der Waals surface area contributed by atoms with Crippen LogP contribution in [-0.4, -0.2) is 16.7 Å². The summed E-state index contributed by atoms with van der Waals surface area (Å²) >= 11 is 8.88. The predicted molar refractivity (Wildman–Crippen MR) is 87.4 cm³/mol. The van der Waals surface area contributed by atoms with Crippen molar-refractivity contribution in [1.82, 2.24) is 9.55 Å². The number of aromatic amines is 1. The number of fused-ring (bicyclic) bond motifs is 1. The molecule has 3 nitrogen and oxygen atoms in total. The van der Waals surface area contributed by atoms with Crippen molar-refractivity contribution in [1.29, 1.82) is 0 Å². The van der Waals surface area contributed by atoms with E-state index in [4.69, 9.17) is 17.0 Å². The Morgan fingerprint density at radius 3 is 2.71 bits per heavy atom. The van der Waals surface area contributed by atoms with Crippen LogP contribution < -0.4 is 4.74 Å². The van der Waals surface area contributed by atoms with Crippen molar-refractivity contribution < 1.29 is 9.13 Å². The second-order valence-corrected chi connectivity index (χ2v) is 5.94. The number of hydrogen-bond donors (Lipinski definition) is 1. The Labute approximate surface area is 134 Å². The van der Waals surface area contributed by atoms with Crippen LogP contribution in [0.5, 0.6) is 5.75 Å². The minimum atomic E-state index is -0.418. The summed E-state index contributed by atoms with van der Waals surface area (Å²) < 4.78 is 22.2. The molecule has 1 N–H and O–H groups in total. The van der Waals surface area contributed by atoms with Gasteiger partial charge in [-0.25, -0.2) is 4.39 Å². The molecule has 0 saturated heterocycles. The number of aromatic nitrogens is 2. The molecular formula is C15H12BrFN2OS. The number of rotatable bonds is 2. The molecule has 0 spiro atoms. The Hall–Kier alpha value is -1.66. The normalized spacial score (nSPS) is 11.0. The van der Waals surface area contributed by atoms with Crippen molar-refractivity contribution in [2.45, 2.75) is 6.92 Å². The second-order valence-electron chi connectivity index (χ2n) is 4.70. The molecule has 3 aromatic rings. The summed E-state index contributed by atoms with van der Waals surface area (Å²) in [5.41, 5.74) is 3.44. The van der Waals surface area contributed by atoms with Gasteiger partial charge in [0.15, 0.2) is 16.3 Å². The highest BCUT2D eigenvalue weighted by Crippen LogP contribution is 2.28. The minimum Gasteiger partial charge on any atom is -0.494 e. The SMILES string of the molecule is COc1cc2c(cc1F)[nH]c(=S)n2-c1ccc(C)c(Br)c1. The zero-order valence-corrected chi connectivity index (χ0v) is 13.8. The van der Waals surface area contributed by atoms with Crippen LogP contribution in [0.4, 0.5) is 4.39 Å². The Bertz CT molecular complexity index is 901. The minimum absolute atomic E-state index is 0.191. The molecule has 0 aliphatic carbocycles. The first-order valence-electron chi connectivity index (χ1n) is 6.26. The molecule has 0 aliphatic rings. The number of hydrogen-bond acceptors (Lipinski definition) is 2. The van der Waals surface area contributed by atoms with E-state index in [-0.39, 0.29) is 5.75 Å². The summed E-state index contributed by atoms with van der Waals surface area (Å²) in [4.78, 5) is 3.02. The molecule has 0 aliphatic heterocycles. The quantitative estimate of drug-likeness (QED) is 0.653. The van der Waals surface area contributed by atoms with Crippen LogP contribution >= 0.6 is 28.1 Å². The number of H-pyrrole nitrogens is 1. The summed E-state index contributed by atoms with van der Waals surface area (Å²) in [5, 5.41) is 0. The van der Waals surface area contributed by atoms with E-state index in [1.807, 2.05) is 29.7 Å². The van der Waals surface area contributed by atoms with Gasteiger partial charge in [0, 0.05) is 22.3 Å². The monoisotopic (exact) mass is 366 g/mol. The standard InChI is InChI=1S/C15H12BrFN2OS/c1-8-3-4-9(5-10(8)16)19-13-7-14(20-2)11(17)6-12(13)18-15(19)21/h3-7H,1-2H3,(H,18,21). The predicted octanol–water partition coefficient (Wildman–Crippen LogP) is 4.91. The average Bonchev–Trinajstić information content (AvgIpc) is 2.76. The summed E-state index contributed by atoms with van der Waals surface area (Å²) in [5.74, 6) is -0.227. The van der Waals surface area contributed by atoms with Gasteiger partial charge in [-0.3, -0.25) is 4.57 Å². The first-order valence-corrected chi connectivity index (χ1v) is 7.46. The third-order valence-electron chi connectivity index (χ3n) is 3.37. The van der Waals surface area contributed by atoms with E-state index in [0.29, 0.717) is 10.3 Å². The van der Waals surface area contributed by atoms with Crippen molar-refractivity contribution in [3.05, 3.63) is 51.0 Å². The number of nitrogens with zero attached hydrogens (tertiary/aromatic N) is 1. The Balaban J connectivity index is 2.33. The van der Waals surface area contributed by atoms with Gasteiger partial charge in [-0.2, -0.15) is 0 Å². The molecule has 6 heteroatoms. The third-order valence-corrected chi connectivity index (χ3v) is 4.51. The Morgan fingerprint density at radius 2 is 2.05 bits per heavy atom. The number of imidazole rings is 1. The molecule has 0 saturated carbocycles. The molecule has 0 atom stereocenters. The average molecular weight is 367 g/mol. The van der Waals surface area contributed by atoms with Crippen LogP contribution in [0, 0.1) is 17.5 Å². The molecule has 0 amide bonds. The van der Waals surface area contributed by atoms with Gasteiger partial charge in [0.2, 0.25) is 0 Å². The van der Waals surface area contributed by atoms with Crippen LogP contribution in [0.25, 0.3) is 16.7 Å². The van der Waals surface area contributed by atoms with E-state index < -0.39 is 5.82 Å². The fourth-order valence-corrected chi connectivity index (χ4v) is 2.92. The molecule has 3 rings (SSSR count). The van der Waals surface area contributed by atoms with Crippen LogP contribution in [0.3, 0.4) is 0 Å². The van der Waals surface area contributed by atoms with Crippen molar-refractivity contribution in [3.63, 3.8) is 0 Å². The van der Waals surface area contributed by atoms with Gasteiger partial charge in [-0.05, 0) is 36.8 Å². The van der Waals surface area contributed by atoms with E-state index >= 15 is 0 Å². The van der Waals surface area contributed by atoms with Gasteiger partial charge in [0.1, 0.15) is 0 Å². The van der Waals surface area contributed by atoms with Gasteiger partial charge in [0.25, 0.3) is 0 Å². The van der Waals surface area contributed by atoms with Gasteiger partial charge in [-0.1, -0.05) is 22.0 Å². The number of nitrogens with one attached hydrogen (secondary N) is 1. The Kier molecular flexibility index (Phi) is 3.59. The third kappa shape index (κ3) is 2.38. The summed E-state index contributed by atoms with van der Waals surface area (Å²) in [6.45, 7) is 2.01. The smallest absolute Gasteiger partial charge is 0.182 e. The fourth-order valence-electron chi connectivity index (χ4n) is 2.24. The number of methoxy groups -OCH3 is 1. The lowest BCUT2D eigenvalue weighted by Crippen LogP contribution is -1.95. The van der Waals surface area contributed by atoms with Gasteiger partial charge >= 0.3 is 0 Å². The van der Waals surface area contributed by atoms with Crippen molar-refractivity contribution in [2.24, 2.45) is 0 Å². The van der Waals surface area contributed by atoms with E-state index in [2.05, 4.69) is 20.9 Å². The van der Waals surface area contributed by atoms with Gasteiger partial charge < -0.3 is 9.72 Å². The maximum absolute atomic E-state index is 13.8. The van der Waals surface area contributed by atoms with Crippen LogP contribution in [0.15, 0.2) is 34.8 Å². The molecule has 0 bridgehead atoms. The molecule has 1 heterocycles. The maximum atomic E-state index is 13.8. The summed E-state index contributed by atoms with van der Waals surface area (Å²) in [6, 6.07) is 8.99. The Morgan fingerprint density at radius 1 is 1.29 bits per heavy atom.